The first-order valence-electron chi connectivity index (χ1n) is 13.8. The van der Waals surface area contributed by atoms with Crippen LogP contribution in [-0.4, -0.2) is 35.6 Å². The van der Waals surface area contributed by atoms with Crippen molar-refractivity contribution in [2.24, 2.45) is 5.92 Å². The van der Waals surface area contributed by atoms with Crippen LogP contribution < -0.4 is 5.32 Å². The summed E-state index contributed by atoms with van der Waals surface area (Å²) in [5.74, 6) is 0.667. The van der Waals surface area contributed by atoms with Crippen LogP contribution in [-0.2, 0) is 24.2 Å². The van der Waals surface area contributed by atoms with Gasteiger partial charge in [-0.25, -0.2) is 9.97 Å². The number of aromatic nitrogens is 2. The number of ketones is 1. The lowest BCUT2D eigenvalue weighted by atomic mass is 9.95. The van der Waals surface area contributed by atoms with Crippen LogP contribution >= 0.6 is 23.1 Å². The molecular formula is C31H43N3O2S2. The summed E-state index contributed by atoms with van der Waals surface area (Å²) in [5.41, 5.74) is 4.20. The molecule has 0 aliphatic rings. The number of nitrogens with zero attached hydrogens (tertiary/aromatic N) is 2. The number of unbranched alkanes of at least 4 members (excludes halogenated alkanes) is 2. The SMILES string of the molecule is CNCCC(OCc1ccc(CCCCCC(C)CCc2nc(SC)ncc2C(C)=O)cc1)c1cccs1. The minimum absolute atomic E-state index is 0.0490. The van der Waals surface area contributed by atoms with E-state index >= 15 is 0 Å². The summed E-state index contributed by atoms with van der Waals surface area (Å²) in [6.45, 7) is 5.50. The molecular weight excluding hydrogens is 510 g/mol. The van der Waals surface area contributed by atoms with Crippen LogP contribution in [0.4, 0.5) is 0 Å². The second kappa shape index (κ2) is 16.8. The second-order valence-electron chi connectivity index (χ2n) is 10.0. The van der Waals surface area contributed by atoms with E-state index in [-0.39, 0.29) is 11.9 Å². The molecule has 2 aromatic heterocycles. The van der Waals surface area contributed by atoms with Gasteiger partial charge in [0, 0.05) is 11.1 Å². The molecule has 0 spiro atoms. The highest BCUT2D eigenvalue weighted by Crippen LogP contribution is 2.27. The van der Waals surface area contributed by atoms with Gasteiger partial charge in [-0.3, -0.25) is 4.79 Å². The number of thiophene rings is 1. The number of rotatable bonds is 18. The van der Waals surface area contributed by atoms with Gasteiger partial charge in [0.15, 0.2) is 10.9 Å². The number of nitrogens with one attached hydrogen (secondary N) is 1. The number of benzene rings is 1. The maximum atomic E-state index is 11.9. The standard InChI is InChI=1S/C31H43N3O2S2/c1-23(12-17-28-27(24(2)35)21-33-31(34-28)37-4)9-6-5-7-10-25-13-15-26(16-14-25)22-36-29(18-19-32-3)30-11-8-20-38-30/h8,11,13-16,20-21,23,29,32H,5-7,9-10,12,17-19,22H2,1-4H3. The Labute approximate surface area is 237 Å². The zero-order valence-electron chi connectivity index (χ0n) is 23.4. The van der Waals surface area contributed by atoms with E-state index in [4.69, 9.17) is 4.74 Å². The van der Waals surface area contributed by atoms with E-state index in [1.54, 1.807) is 24.5 Å². The molecule has 206 valence electrons. The van der Waals surface area contributed by atoms with Gasteiger partial charge in [0.05, 0.1) is 24.0 Å². The number of carbonyl (C=O) groups excluding carboxylic acids is 1. The second-order valence-corrected chi connectivity index (χ2v) is 11.8. The van der Waals surface area contributed by atoms with Gasteiger partial charge in [-0.15, -0.1) is 11.3 Å². The smallest absolute Gasteiger partial charge is 0.187 e. The van der Waals surface area contributed by atoms with Gasteiger partial charge >= 0.3 is 0 Å². The molecule has 3 rings (SSSR count). The fourth-order valence-corrected chi connectivity index (χ4v) is 5.73. The zero-order valence-corrected chi connectivity index (χ0v) is 25.0. The highest BCUT2D eigenvalue weighted by molar-refractivity contribution is 7.98. The molecule has 0 radical (unpaired) electrons. The van der Waals surface area contributed by atoms with E-state index in [9.17, 15) is 4.79 Å². The van der Waals surface area contributed by atoms with Crippen LogP contribution in [0, 0.1) is 5.92 Å². The highest BCUT2D eigenvalue weighted by Gasteiger charge is 2.14. The molecule has 38 heavy (non-hydrogen) atoms. The van der Waals surface area contributed by atoms with Crippen molar-refractivity contribution in [3.05, 3.63) is 75.2 Å². The number of aryl methyl sites for hydroxylation is 2. The monoisotopic (exact) mass is 553 g/mol. The summed E-state index contributed by atoms with van der Waals surface area (Å²) in [6, 6.07) is 13.2. The molecule has 0 saturated heterocycles. The Bertz CT molecular complexity index is 1090. The van der Waals surface area contributed by atoms with Gasteiger partial charge in [0.1, 0.15) is 0 Å². The van der Waals surface area contributed by atoms with E-state index in [0.717, 1.165) is 43.1 Å². The predicted molar refractivity (Wildman–Crippen MR) is 160 cm³/mol. The number of hydrogen-bond donors (Lipinski definition) is 1. The molecule has 0 fully saturated rings. The maximum absolute atomic E-state index is 11.9. The van der Waals surface area contributed by atoms with E-state index < -0.39 is 0 Å². The summed E-state index contributed by atoms with van der Waals surface area (Å²) in [4.78, 5) is 22.1. The van der Waals surface area contributed by atoms with Crippen LogP contribution in [0.2, 0.25) is 0 Å². The lowest BCUT2D eigenvalue weighted by Gasteiger charge is -2.17. The first-order chi connectivity index (χ1) is 18.5. The van der Waals surface area contributed by atoms with E-state index in [2.05, 4.69) is 64.0 Å². The third kappa shape index (κ3) is 10.3. The molecule has 0 aliphatic carbocycles. The fourth-order valence-electron chi connectivity index (χ4n) is 4.56. The number of Topliss-reactive ketones (excluding diaryl/α,β-unsaturated/α-hetero) is 1. The fraction of sp³-hybridized carbons (Fsp3) is 0.516. The summed E-state index contributed by atoms with van der Waals surface area (Å²) < 4.78 is 6.27. The Hall–Kier alpha value is -2.06. The lowest BCUT2D eigenvalue weighted by Crippen LogP contribution is -2.13. The third-order valence-corrected chi connectivity index (χ3v) is 8.46. The molecule has 0 bridgehead atoms. The van der Waals surface area contributed by atoms with E-state index in [1.165, 1.54) is 53.4 Å². The van der Waals surface area contributed by atoms with Crippen LogP contribution in [0.3, 0.4) is 0 Å². The molecule has 0 amide bonds. The molecule has 2 unspecified atom stereocenters. The Morgan fingerprint density at radius 2 is 1.84 bits per heavy atom. The summed E-state index contributed by atoms with van der Waals surface area (Å²) >= 11 is 3.29. The topological polar surface area (TPSA) is 64.1 Å². The quantitative estimate of drug-likeness (QED) is 0.0753. The molecule has 0 saturated carbocycles. The Balaban J connectivity index is 1.34. The van der Waals surface area contributed by atoms with Crippen LogP contribution in [0.1, 0.15) is 90.5 Å². The average Bonchev–Trinajstić information content (AvgIpc) is 3.47. The molecule has 3 aromatic rings. The van der Waals surface area contributed by atoms with Crippen molar-refractivity contribution < 1.29 is 9.53 Å². The van der Waals surface area contributed by atoms with Gasteiger partial charge < -0.3 is 10.1 Å². The van der Waals surface area contributed by atoms with Gasteiger partial charge in [-0.05, 0) is 87.4 Å². The van der Waals surface area contributed by atoms with Gasteiger partial charge in [-0.1, -0.05) is 68.3 Å². The molecule has 2 heterocycles. The predicted octanol–water partition coefficient (Wildman–Crippen LogP) is 7.70. The minimum atomic E-state index is 0.0490. The molecule has 0 aliphatic heterocycles. The van der Waals surface area contributed by atoms with Crippen molar-refractivity contribution in [3.8, 4) is 0 Å². The van der Waals surface area contributed by atoms with E-state index in [1.807, 2.05) is 13.3 Å². The molecule has 7 heteroatoms. The summed E-state index contributed by atoms with van der Waals surface area (Å²) in [7, 11) is 1.99. The Morgan fingerprint density at radius 1 is 1.05 bits per heavy atom. The normalized spacial score (nSPS) is 12.9. The Morgan fingerprint density at radius 3 is 2.53 bits per heavy atom. The van der Waals surface area contributed by atoms with E-state index in [0.29, 0.717) is 18.1 Å². The van der Waals surface area contributed by atoms with Crippen molar-refractivity contribution in [2.45, 2.75) is 83.1 Å². The van der Waals surface area contributed by atoms with Crippen molar-refractivity contribution in [1.29, 1.82) is 0 Å². The molecule has 1 N–H and O–H groups in total. The van der Waals surface area contributed by atoms with Crippen molar-refractivity contribution in [2.75, 3.05) is 19.8 Å². The average molecular weight is 554 g/mol. The van der Waals surface area contributed by atoms with Gasteiger partial charge in [-0.2, -0.15) is 0 Å². The molecule has 5 nitrogen and oxygen atoms in total. The van der Waals surface area contributed by atoms with Gasteiger partial charge in [0.25, 0.3) is 0 Å². The number of ether oxygens (including phenoxy) is 1. The largest absolute Gasteiger partial charge is 0.368 e. The summed E-state index contributed by atoms with van der Waals surface area (Å²) in [5, 5.41) is 6.09. The zero-order chi connectivity index (χ0) is 27.2. The molecule has 1 aromatic carbocycles. The maximum Gasteiger partial charge on any atom is 0.187 e. The first-order valence-corrected chi connectivity index (χ1v) is 15.9. The molecule has 2 atom stereocenters. The van der Waals surface area contributed by atoms with Crippen molar-refractivity contribution in [3.63, 3.8) is 0 Å². The third-order valence-electron chi connectivity index (χ3n) is 6.93. The highest BCUT2D eigenvalue weighted by atomic mass is 32.2. The number of carbonyl (C=O) groups is 1. The minimum Gasteiger partial charge on any atom is -0.368 e. The lowest BCUT2D eigenvalue weighted by molar-refractivity contribution is 0.0367. The number of hydrogen-bond acceptors (Lipinski definition) is 7. The Kier molecular flexibility index (Phi) is 13.5. The van der Waals surface area contributed by atoms with Crippen LogP contribution in [0.5, 0.6) is 0 Å². The summed E-state index contributed by atoms with van der Waals surface area (Å²) in [6.07, 6.45) is 12.7. The first kappa shape index (κ1) is 30.5. The van der Waals surface area contributed by atoms with Crippen molar-refractivity contribution >= 4 is 28.9 Å². The number of thioether (sulfide) groups is 1. The van der Waals surface area contributed by atoms with Crippen LogP contribution in [0.25, 0.3) is 0 Å². The van der Waals surface area contributed by atoms with Crippen LogP contribution in [0.15, 0.2) is 53.1 Å². The van der Waals surface area contributed by atoms with Crippen molar-refractivity contribution in [1.82, 2.24) is 15.3 Å². The van der Waals surface area contributed by atoms with Gasteiger partial charge in [0.2, 0.25) is 0 Å².